The number of β-amino-alcohol motifs (C(OH)–C–C–N with tert-alkyl or cyclic N) is 1. The lowest BCUT2D eigenvalue weighted by Gasteiger charge is -2.31. The maximum atomic E-state index is 12.2. The summed E-state index contributed by atoms with van der Waals surface area (Å²) in [5.74, 6) is 0.243. The smallest absolute Gasteiger partial charge is 0.155 e. The molecule has 1 rings (SSSR count). The van der Waals surface area contributed by atoms with Gasteiger partial charge in [0.1, 0.15) is 0 Å². The second kappa shape index (κ2) is 4.22. The molecule has 15 heavy (non-hydrogen) atoms. The molecule has 0 spiro atoms. The zero-order valence-corrected chi connectivity index (χ0v) is 10.4. The van der Waals surface area contributed by atoms with Crippen molar-refractivity contribution in [3.8, 4) is 0 Å². The monoisotopic (exact) mass is 213 g/mol. The van der Waals surface area contributed by atoms with Crippen LogP contribution in [0.3, 0.4) is 0 Å². The summed E-state index contributed by atoms with van der Waals surface area (Å²) in [7, 11) is 0. The molecule has 0 aliphatic carbocycles. The van der Waals surface area contributed by atoms with Crippen LogP contribution in [0, 0.1) is 5.41 Å². The molecular formula is C12H23NO2. The molecule has 1 aliphatic rings. The molecule has 2 atom stereocenters. The predicted molar refractivity (Wildman–Crippen MR) is 60.7 cm³/mol. The third kappa shape index (κ3) is 2.79. The van der Waals surface area contributed by atoms with Crippen LogP contribution in [0.2, 0.25) is 0 Å². The van der Waals surface area contributed by atoms with Crippen LogP contribution in [-0.4, -0.2) is 40.5 Å². The quantitative estimate of drug-likeness (QED) is 0.754. The van der Waals surface area contributed by atoms with Crippen LogP contribution in [-0.2, 0) is 4.79 Å². The first-order valence-electron chi connectivity index (χ1n) is 5.71. The average molecular weight is 213 g/mol. The number of aliphatic hydroxyl groups is 1. The summed E-state index contributed by atoms with van der Waals surface area (Å²) < 4.78 is 0. The molecule has 0 radical (unpaired) electrons. The Morgan fingerprint density at radius 1 is 1.40 bits per heavy atom. The van der Waals surface area contributed by atoms with Crippen LogP contribution in [0.15, 0.2) is 0 Å². The van der Waals surface area contributed by atoms with Gasteiger partial charge < -0.3 is 5.11 Å². The van der Waals surface area contributed by atoms with Gasteiger partial charge in [-0.2, -0.15) is 0 Å². The maximum Gasteiger partial charge on any atom is 0.155 e. The molecule has 0 aromatic carbocycles. The highest BCUT2D eigenvalue weighted by atomic mass is 16.3. The van der Waals surface area contributed by atoms with Crippen molar-refractivity contribution < 1.29 is 9.90 Å². The minimum Gasteiger partial charge on any atom is -0.392 e. The minimum absolute atomic E-state index is 0.0972. The second-order valence-electron chi connectivity index (χ2n) is 5.81. The average Bonchev–Trinajstić information content (AvgIpc) is 2.44. The highest BCUT2D eigenvalue weighted by Crippen LogP contribution is 2.28. The van der Waals surface area contributed by atoms with E-state index in [1.807, 2.05) is 20.8 Å². The molecule has 0 unspecified atom stereocenters. The van der Waals surface area contributed by atoms with E-state index in [1.54, 1.807) is 0 Å². The number of aliphatic hydroxyl groups excluding tert-OH is 1. The van der Waals surface area contributed by atoms with Gasteiger partial charge in [0.2, 0.25) is 0 Å². The normalized spacial score (nSPS) is 28.7. The van der Waals surface area contributed by atoms with Crippen LogP contribution < -0.4 is 0 Å². The Morgan fingerprint density at radius 3 is 2.33 bits per heavy atom. The number of carbonyl (C=O) groups is 1. The summed E-state index contributed by atoms with van der Waals surface area (Å²) in [6.45, 7) is 10.6. The van der Waals surface area contributed by atoms with Crippen molar-refractivity contribution in [3.63, 3.8) is 0 Å². The lowest BCUT2D eigenvalue weighted by Crippen LogP contribution is -2.45. The zero-order valence-electron chi connectivity index (χ0n) is 10.4. The fourth-order valence-electron chi connectivity index (χ4n) is 2.17. The highest BCUT2D eigenvalue weighted by Gasteiger charge is 2.40. The molecule has 0 aromatic heterocycles. The molecule has 1 saturated heterocycles. The molecule has 1 N–H and O–H groups in total. The van der Waals surface area contributed by atoms with Crippen LogP contribution in [0.4, 0.5) is 0 Å². The van der Waals surface area contributed by atoms with E-state index in [0.717, 1.165) is 0 Å². The Balaban J connectivity index is 2.80. The number of ketones is 1. The van der Waals surface area contributed by atoms with Crippen molar-refractivity contribution in [2.24, 2.45) is 5.41 Å². The third-order valence-corrected chi connectivity index (χ3v) is 3.02. The summed E-state index contributed by atoms with van der Waals surface area (Å²) in [5, 5.41) is 9.64. The Labute approximate surface area is 92.5 Å². The Hall–Kier alpha value is -0.410. The van der Waals surface area contributed by atoms with E-state index in [1.165, 1.54) is 0 Å². The Bertz CT molecular complexity index is 242. The first-order valence-corrected chi connectivity index (χ1v) is 5.71. The predicted octanol–water partition coefficient (Wildman–Crippen LogP) is 1.45. The number of likely N-dealkylation sites (tertiary alicyclic amines) is 1. The van der Waals surface area contributed by atoms with Crippen molar-refractivity contribution >= 4 is 5.78 Å². The molecule has 1 fully saturated rings. The number of nitrogens with zero attached hydrogens (tertiary/aromatic N) is 1. The summed E-state index contributed by atoms with van der Waals surface area (Å²) in [6, 6.07) is 0.221. The molecule has 0 aromatic rings. The first-order chi connectivity index (χ1) is 6.73. The number of Topliss-reactive ketones (excluding diaryl/α,β-unsaturated/α-hetero) is 1. The second-order valence-corrected chi connectivity index (χ2v) is 5.81. The minimum atomic E-state index is -0.344. The van der Waals surface area contributed by atoms with Crippen molar-refractivity contribution in [1.82, 2.24) is 4.90 Å². The van der Waals surface area contributed by atoms with Gasteiger partial charge in [-0.25, -0.2) is 0 Å². The Morgan fingerprint density at radius 2 is 1.93 bits per heavy atom. The standard InChI is InChI=1S/C12H23NO2/c1-8(2)13-7-9(14)6-10(13)11(15)12(3,4)5/h8-10,14H,6-7H2,1-5H3/t9-,10-/m0/s1. The van der Waals surface area contributed by atoms with Crippen LogP contribution in [0.25, 0.3) is 0 Å². The maximum absolute atomic E-state index is 12.2. The van der Waals surface area contributed by atoms with Crippen LogP contribution >= 0.6 is 0 Å². The Kier molecular flexibility index (Phi) is 3.56. The van der Waals surface area contributed by atoms with Gasteiger partial charge in [-0.05, 0) is 20.3 Å². The molecule has 0 amide bonds. The summed E-state index contributed by atoms with van der Waals surface area (Å²) in [4.78, 5) is 14.3. The molecule has 1 aliphatic heterocycles. The van der Waals surface area contributed by atoms with Gasteiger partial charge in [0, 0.05) is 18.0 Å². The summed E-state index contributed by atoms with van der Waals surface area (Å²) in [6.07, 6.45) is 0.248. The topological polar surface area (TPSA) is 40.5 Å². The number of hydrogen-bond acceptors (Lipinski definition) is 3. The van der Waals surface area contributed by atoms with E-state index in [2.05, 4.69) is 18.7 Å². The molecule has 3 nitrogen and oxygen atoms in total. The molecule has 0 bridgehead atoms. The van der Waals surface area contributed by atoms with Crippen molar-refractivity contribution in [1.29, 1.82) is 0 Å². The largest absolute Gasteiger partial charge is 0.392 e. The van der Waals surface area contributed by atoms with Crippen LogP contribution in [0.1, 0.15) is 41.0 Å². The van der Waals surface area contributed by atoms with Gasteiger partial charge in [0.15, 0.2) is 5.78 Å². The van der Waals surface area contributed by atoms with E-state index >= 15 is 0 Å². The van der Waals surface area contributed by atoms with E-state index in [9.17, 15) is 9.90 Å². The molecule has 1 heterocycles. The van der Waals surface area contributed by atoms with Crippen molar-refractivity contribution in [3.05, 3.63) is 0 Å². The lowest BCUT2D eigenvalue weighted by atomic mass is 9.85. The van der Waals surface area contributed by atoms with Crippen molar-refractivity contribution in [2.45, 2.75) is 59.2 Å². The van der Waals surface area contributed by atoms with Gasteiger partial charge >= 0.3 is 0 Å². The summed E-state index contributed by atoms with van der Waals surface area (Å²) >= 11 is 0. The molecule has 88 valence electrons. The zero-order chi connectivity index (χ0) is 11.8. The fraction of sp³-hybridized carbons (Fsp3) is 0.917. The number of hydrogen-bond donors (Lipinski definition) is 1. The molecular weight excluding hydrogens is 190 g/mol. The lowest BCUT2D eigenvalue weighted by molar-refractivity contribution is -0.131. The van der Waals surface area contributed by atoms with E-state index in [4.69, 9.17) is 0 Å². The van der Waals surface area contributed by atoms with E-state index in [0.29, 0.717) is 19.0 Å². The number of rotatable bonds is 2. The summed E-state index contributed by atoms with van der Waals surface area (Å²) in [5.41, 5.74) is -0.318. The first kappa shape index (κ1) is 12.7. The number of carbonyl (C=O) groups excluding carboxylic acids is 1. The van der Waals surface area contributed by atoms with Crippen molar-refractivity contribution in [2.75, 3.05) is 6.54 Å². The fourth-order valence-corrected chi connectivity index (χ4v) is 2.17. The highest BCUT2D eigenvalue weighted by molar-refractivity contribution is 5.89. The molecule has 3 heteroatoms. The van der Waals surface area contributed by atoms with E-state index in [-0.39, 0.29) is 23.3 Å². The van der Waals surface area contributed by atoms with Gasteiger partial charge in [0.05, 0.1) is 12.1 Å². The van der Waals surface area contributed by atoms with Gasteiger partial charge in [0.25, 0.3) is 0 Å². The van der Waals surface area contributed by atoms with Gasteiger partial charge in [-0.1, -0.05) is 20.8 Å². The van der Waals surface area contributed by atoms with Crippen LogP contribution in [0.5, 0.6) is 0 Å². The SMILES string of the molecule is CC(C)N1C[C@@H](O)C[C@H]1C(=O)C(C)(C)C. The molecule has 0 saturated carbocycles. The van der Waals surface area contributed by atoms with Gasteiger partial charge in [-0.3, -0.25) is 9.69 Å². The van der Waals surface area contributed by atoms with E-state index < -0.39 is 0 Å². The third-order valence-electron chi connectivity index (χ3n) is 3.02. The van der Waals surface area contributed by atoms with Gasteiger partial charge in [-0.15, -0.1) is 0 Å².